The molecule has 4 rings (SSSR count). The van der Waals surface area contributed by atoms with Crippen LogP contribution in [0.2, 0.25) is 0 Å². The van der Waals surface area contributed by atoms with Crippen molar-refractivity contribution in [1.29, 1.82) is 0 Å². The molecule has 1 aliphatic heterocycles. The number of nitrogens with one attached hydrogen (secondary N) is 1. The zero-order chi connectivity index (χ0) is 19.9. The Kier molecular flexibility index (Phi) is 5.71. The van der Waals surface area contributed by atoms with Gasteiger partial charge in [-0.1, -0.05) is 48.5 Å². The second-order valence-electron chi connectivity index (χ2n) is 6.50. The van der Waals surface area contributed by atoms with Crippen molar-refractivity contribution < 1.29 is 19.0 Å². The number of amides is 1. The van der Waals surface area contributed by atoms with Crippen LogP contribution in [-0.2, 0) is 17.8 Å². The number of hydrazone groups is 1. The first kappa shape index (κ1) is 18.6. The van der Waals surface area contributed by atoms with Crippen LogP contribution in [0.5, 0.6) is 17.2 Å². The van der Waals surface area contributed by atoms with Gasteiger partial charge >= 0.3 is 0 Å². The molecule has 0 spiro atoms. The van der Waals surface area contributed by atoms with E-state index in [0.29, 0.717) is 18.1 Å². The van der Waals surface area contributed by atoms with Crippen LogP contribution in [0, 0.1) is 0 Å². The van der Waals surface area contributed by atoms with Crippen molar-refractivity contribution in [2.24, 2.45) is 5.10 Å². The molecular weight excluding hydrogens is 368 g/mol. The van der Waals surface area contributed by atoms with Crippen LogP contribution in [0.15, 0.2) is 77.9 Å². The lowest BCUT2D eigenvalue weighted by molar-refractivity contribution is -0.120. The number of benzene rings is 3. The molecule has 0 aliphatic carbocycles. The Morgan fingerprint density at radius 3 is 2.72 bits per heavy atom. The minimum absolute atomic E-state index is 0.203. The van der Waals surface area contributed by atoms with Gasteiger partial charge in [0.15, 0.2) is 11.5 Å². The summed E-state index contributed by atoms with van der Waals surface area (Å²) in [5.41, 5.74) is 5.31. The van der Waals surface area contributed by atoms with Crippen molar-refractivity contribution >= 4 is 12.1 Å². The van der Waals surface area contributed by atoms with Gasteiger partial charge < -0.3 is 14.2 Å². The molecule has 29 heavy (non-hydrogen) atoms. The minimum Gasteiger partial charge on any atom is -0.489 e. The summed E-state index contributed by atoms with van der Waals surface area (Å²) >= 11 is 0. The fourth-order valence-electron chi connectivity index (χ4n) is 2.88. The van der Waals surface area contributed by atoms with Crippen LogP contribution in [-0.4, -0.2) is 18.9 Å². The molecule has 6 heteroatoms. The van der Waals surface area contributed by atoms with Gasteiger partial charge in [0.25, 0.3) is 0 Å². The number of nitrogens with zero attached hydrogens (tertiary/aromatic N) is 1. The third-order valence-electron chi connectivity index (χ3n) is 4.31. The summed E-state index contributed by atoms with van der Waals surface area (Å²) in [6, 6.07) is 22.9. The number of carbonyl (C=O) groups is 1. The number of hydrogen-bond acceptors (Lipinski definition) is 5. The van der Waals surface area contributed by atoms with Gasteiger partial charge in [-0.2, -0.15) is 5.10 Å². The van der Waals surface area contributed by atoms with Crippen molar-refractivity contribution in [2.45, 2.75) is 13.0 Å². The zero-order valence-corrected chi connectivity index (χ0v) is 15.7. The SMILES string of the molecule is O=C(Cc1ccc2c(c1)OCO2)N/N=C\c1cccc(OCc2ccccc2)c1. The van der Waals surface area contributed by atoms with Crippen LogP contribution in [0.3, 0.4) is 0 Å². The third kappa shape index (κ3) is 5.13. The summed E-state index contributed by atoms with van der Waals surface area (Å²) in [6.45, 7) is 0.705. The lowest BCUT2D eigenvalue weighted by Gasteiger charge is -2.06. The highest BCUT2D eigenvalue weighted by molar-refractivity contribution is 5.83. The van der Waals surface area contributed by atoms with Gasteiger partial charge in [-0.3, -0.25) is 4.79 Å². The van der Waals surface area contributed by atoms with E-state index in [9.17, 15) is 4.79 Å². The van der Waals surface area contributed by atoms with Gasteiger partial charge in [-0.05, 0) is 41.0 Å². The van der Waals surface area contributed by atoms with Crippen molar-refractivity contribution in [3.8, 4) is 17.2 Å². The predicted octanol–water partition coefficient (Wildman–Crippen LogP) is 3.69. The molecule has 3 aromatic rings. The maximum absolute atomic E-state index is 12.1. The molecule has 3 aromatic carbocycles. The van der Waals surface area contributed by atoms with E-state index in [4.69, 9.17) is 14.2 Å². The Balaban J connectivity index is 1.29. The van der Waals surface area contributed by atoms with E-state index in [2.05, 4.69) is 10.5 Å². The lowest BCUT2D eigenvalue weighted by Crippen LogP contribution is -2.19. The fourth-order valence-corrected chi connectivity index (χ4v) is 2.88. The van der Waals surface area contributed by atoms with E-state index in [-0.39, 0.29) is 19.1 Å². The zero-order valence-electron chi connectivity index (χ0n) is 15.7. The van der Waals surface area contributed by atoms with Crippen molar-refractivity contribution in [1.82, 2.24) is 5.43 Å². The van der Waals surface area contributed by atoms with Crippen LogP contribution in [0.1, 0.15) is 16.7 Å². The van der Waals surface area contributed by atoms with Gasteiger partial charge in [-0.25, -0.2) is 5.43 Å². The summed E-state index contributed by atoms with van der Waals surface area (Å²) in [4.78, 5) is 12.1. The highest BCUT2D eigenvalue weighted by Gasteiger charge is 2.14. The van der Waals surface area contributed by atoms with E-state index in [1.165, 1.54) is 0 Å². The molecule has 6 nitrogen and oxygen atoms in total. The van der Waals surface area contributed by atoms with Crippen LogP contribution in [0.4, 0.5) is 0 Å². The van der Waals surface area contributed by atoms with E-state index < -0.39 is 0 Å². The van der Waals surface area contributed by atoms with Gasteiger partial charge in [0.1, 0.15) is 12.4 Å². The molecule has 0 saturated heterocycles. The number of hydrogen-bond donors (Lipinski definition) is 1. The number of carbonyl (C=O) groups excluding carboxylic acids is 1. The second kappa shape index (κ2) is 8.93. The van der Waals surface area contributed by atoms with Crippen LogP contribution < -0.4 is 19.6 Å². The monoisotopic (exact) mass is 388 g/mol. The Morgan fingerprint density at radius 1 is 0.966 bits per heavy atom. The molecule has 1 amide bonds. The first-order valence-corrected chi connectivity index (χ1v) is 9.23. The molecule has 0 radical (unpaired) electrons. The predicted molar refractivity (Wildman–Crippen MR) is 109 cm³/mol. The second-order valence-corrected chi connectivity index (χ2v) is 6.50. The smallest absolute Gasteiger partial charge is 0.244 e. The number of fused-ring (bicyclic) bond motifs is 1. The molecule has 0 saturated carbocycles. The van der Waals surface area contributed by atoms with E-state index in [0.717, 1.165) is 22.4 Å². The van der Waals surface area contributed by atoms with Crippen LogP contribution >= 0.6 is 0 Å². The van der Waals surface area contributed by atoms with Crippen molar-refractivity contribution in [2.75, 3.05) is 6.79 Å². The maximum Gasteiger partial charge on any atom is 0.244 e. The number of ether oxygens (including phenoxy) is 3. The molecule has 1 aliphatic rings. The highest BCUT2D eigenvalue weighted by Crippen LogP contribution is 2.32. The molecule has 0 aromatic heterocycles. The van der Waals surface area contributed by atoms with E-state index in [1.807, 2.05) is 60.7 Å². The summed E-state index contributed by atoms with van der Waals surface area (Å²) in [7, 11) is 0. The average molecular weight is 388 g/mol. The van der Waals surface area contributed by atoms with Gasteiger partial charge in [0.05, 0.1) is 12.6 Å². The molecule has 1 heterocycles. The van der Waals surface area contributed by atoms with Gasteiger partial charge in [0.2, 0.25) is 12.7 Å². The highest BCUT2D eigenvalue weighted by atomic mass is 16.7. The van der Waals surface area contributed by atoms with Crippen molar-refractivity contribution in [3.05, 3.63) is 89.5 Å². The Hall–Kier alpha value is -3.80. The van der Waals surface area contributed by atoms with E-state index in [1.54, 1.807) is 18.3 Å². The lowest BCUT2D eigenvalue weighted by atomic mass is 10.1. The minimum atomic E-state index is -0.211. The summed E-state index contributed by atoms with van der Waals surface area (Å²) in [6.07, 6.45) is 1.79. The molecule has 0 atom stereocenters. The molecule has 0 unspecified atom stereocenters. The standard InChI is InChI=1S/C23H20N2O4/c26-23(13-18-9-10-21-22(12-18)29-16-28-21)25-24-14-19-7-4-8-20(11-19)27-15-17-5-2-1-3-6-17/h1-12,14H,13,15-16H2,(H,25,26)/b24-14-. The molecular formula is C23H20N2O4. The van der Waals surface area contributed by atoms with Gasteiger partial charge in [-0.15, -0.1) is 0 Å². The van der Waals surface area contributed by atoms with Crippen LogP contribution in [0.25, 0.3) is 0 Å². The number of rotatable bonds is 7. The molecule has 0 bridgehead atoms. The Bertz CT molecular complexity index is 1020. The summed E-state index contributed by atoms with van der Waals surface area (Å²) < 4.78 is 16.4. The quantitative estimate of drug-likeness (QED) is 0.495. The summed E-state index contributed by atoms with van der Waals surface area (Å²) in [5.74, 6) is 1.88. The normalized spacial score (nSPS) is 12.1. The first-order chi connectivity index (χ1) is 14.3. The van der Waals surface area contributed by atoms with Gasteiger partial charge in [0, 0.05) is 0 Å². The molecule has 1 N–H and O–H groups in total. The topological polar surface area (TPSA) is 69.2 Å². The molecule has 146 valence electrons. The summed E-state index contributed by atoms with van der Waals surface area (Å²) in [5, 5.41) is 4.03. The Morgan fingerprint density at radius 2 is 1.83 bits per heavy atom. The third-order valence-corrected chi connectivity index (χ3v) is 4.31. The molecule has 0 fully saturated rings. The maximum atomic E-state index is 12.1. The van der Waals surface area contributed by atoms with Crippen molar-refractivity contribution in [3.63, 3.8) is 0 Å². The van der Waals surface area contributed by atoms with E-state index >= 15 is 0 Å². The fraction of sp³-hybridized carbons (Fsp3) is 0.130. The largest absolute Gasteiger partial charge is 0.489 e. The first-order valence-electron chi connectivity index (χ1n) is 9.23. The Labute approximate surface area is 168 Å². The average Bonchev–Trinajstić information content (AvgIpc) is 3.21.